The Balaban J connectivity index is 1.77. The maximum absolute atomic E-state index is 13.3. The Labute approximate surface area is 183 Å². The van der Waals surface area contributed by atoms with Crippen LogP contribution in [0.1, 0.15) is 41.6 Å². The van der Waals surface area contributed by atoms with E-state index in [-0.39, 0.29) is 29.9 Å². The van der Waals surface area contributed by atoms with Crippen LogP contribution in [0.25, 0.3) is 0 Å². The molecule has 0 unspecified atom stereocenters. The first-order valence-electron chi connectivity index (χ1n) is 10.2. The minimum absolute atomic E-state index is 0.0666. The van der Waals surface area contributed by atoms with Gasteiger partial charge in [-0.1, -0.05) is 0 Å². The summed E-state index contributed by atoms with van der Waals surface area (Å²) in [5.74, 6) is 0.864. The second-order valence-corrected chi connectivity index (χ2v) is 9.71. The normalized spacial score (nSPS) is 15.4. The number of nitrogens with zero attached hydrogens (tertiary/aromatic N) is 4. The van der Waals surface area contributed by atoms with Crippen molar-refractivity contribution in [3.8, 4) is 11.5 Å². The van der Waals surface area contributed by atoms with Gasteiger partial charge in [0.2, 0.25) is 10.0 Å². The predicted molar refractivity (Wildman–Crippen MR) is 116 cm³/mol. The van der Waals surface area contributed by atoms with Crippen LogP contribution in [0.15, 0.2) is 23.1 Å². The quantitative estimate of drug-likeness (QED) is 0.670. The van der Waals surface area contributed by atoms with Crippen molar-refractivity contribution in [1.82, 2.24) is 19.0 Å². The highest BCUT2D eigenvalue weighted by Gasteiger charge is 2.34. The molecule has 0 spiro atoms. The molecular weight excluding hydrogens is 420 g/mol. The van der Waals surface area contributed by atoms with Crippen LogP contribution in [0.3, 0.4) is 0 Å². The molecule has 3 rings (SSSR count). The minimum atomic E-state index is -3.70. The Kier molecular flexibility index (Phi) is 6.61. The molecule has 0 saturated carbocycles. The van der Waals surface area contributed by atoms with Gasteiger partial charge in [0.15, 0.2) is 0 Å². The molecule has 0 radical (unpaired) electrons. The first-order valence-corrected chi connectivity index (χ1v) is 11.6. The zero-order valence-electron chi connectivity index (χ0n) is 18.9. The summed E-state index contributed by atoms with van der Waals surface area (Å²) >= 11 is 0. The van der Waals surface area contributed by atoms with Crippen LogP contribution in [0, 0.1) is 13.8 Å². The lowest BCUT2D eigenvalue weighted by Gasteiger charge is -2.34. The Morgan fingerprint density at radius 2 is 1.55 bits per heavy atom. The number of piperazine rings is 1. The SMILES string of the molecule is COc1cc(OC)cc(C(=O)N2CCN(S(=O)(=O)c3c(C)nn(C(C)C)c3C)CC2)c1. The van der Waals surface area contributed by atoms with Crippen molar-refractivity contribution in [1.29, 1.82) is 0 Å². The molecule has 1 aliphatic rings. The molecule has 2 aromatic rings. The Hall–Kier alpha value is -2.59. The molecule has 0 atom stereocenters. The molecule has 1 aromatic carbocycles. The van der Waals surface area contributed by atoms with E-state index >= 15 is 0 Å². The molecule has 0 bridgehead atoms. The van der Waals surface area contributed by atoms with Crippen LogP contribution in [0.4, 0.5) is 0 Å². The van der Waals surface area contributed by atoms with E-state index in [0.29, 0.717) is 41.5 Å². The van der Waals surface area contributed by atoms with Gasteiger partial charge in [0.1, 0.15) is 16.4 Å². The molecule has 1 amide bonds. The zero-order valence-corrected chi connectivity index (χ0v) is 19.7. The van der Waals surface area contributed by atoms with Gasteiger partial charge >= 0.3 is 0 Å². The van der Waals surface area contributed by atoms with Crippen molar-refractivity contribution in [3.05, 3.63) is 35.2 Å². The van der Waals surface area contributed by atoms with Crippen molar-refractivity contribution in [3.63, 3.8) is 0 Å². The highest BCUT2D eigenvalue weighted by molar-refractivity contribution is 7.89. The molecule has 10 heteroatoms. The van der Waals surface area contributed by atoms with Crippen molar-refractivity contribution >= 4 is 15.9 Å². The van der Waals surface area contributed by atoms with Crippen molar-refractivity contribution in [2.24, 2.45) is 0 Å². The Morgan fingerprint density at radius 1 is 1.00 bits per heavy atom. The van der Waals surface area contributed by atoms with Gasteiger partial charge in [-0.25, -0.2) is 8.42 Å². The van der Waals surface area contributed by atoms with Crippen LogP contribution < -0.4 is 9.47 Å². The van der Waals surface area contributed by atoms with Gasteiger partial charge < -0.3 is 14.4 Å². The van der Waals surface area contributed by atoms with Crippen molar-refractivity contribution in [2.45, 2.75) is 38.6 Å². The van der Waals surface area contributed by atoms with Gasteiger partial charge in [-0.3, -0.25) is 9.48 Å². The molecule has 0 N–H and O–H groups in total. The van der Waals surface area contributed by atoms with Crippen LogP contribution in [0.2, 0.25) is 0 Å². The van der Waals surface area contributed by atoms with Gasteiger partial charge in [0.05, 0.1) is 25.6 Å². The Bertz CT molecular complexity index is 1050. The van der Waals surface area contributed by atoms with Gasteiger partial charge in [-0.2, -0.15) is 9.40 Å². The molecule has 1 saturated heterocycles. The zero-order chi connectivity index (χ0) is 22.9. The minimum Gasteiger partial charge on any atom is -0.497 e. The van der Waals surface area contributed by atoms with Crippen LogP contribution in [-0.4, -0.2) is 73.7 Å². The van der Waals surface area contributed by atoms with E-state index in [9.17, 15) is 13.2 Å². The number of amides is 1. The number of benzene rings is 1. The summed E-state index contributed by atoms with van der Waals surface area (Å²) in [6.45, 7) is 8.48. The van der Waals surface area contributed by atoms with E-state index in [0.717, 1.165) is 0 Å². The monoisotopic (exact) mass is 450 g/mol. The summed E-state index contributed by atoms with van der Waals surface area (Å²) in [5, 5.41) is 4.41. The largest absolute Gasteiger partial charge is 0.497 e. The van der Waals surface area contributed by atoms with E-state index < -0.39 is 10.0 Å². The number of aryl methyl sites for hydroxylation is 1. The number of rotatable bonds is 6. The third kappa shape index (κ3) is 4.40. The Morgan fingerprint density at radius 3 is 2.00 bits per heavy atom. The average molecular weight is 451 g/mol. The number of carbonyl (C=O) groups excluding carboxylic acids is 1. The first-order chi connectivity index (χ1) is 14.6. The summed E-state index contributed by atoms with van der Waals surface area (Å²) in [5.41, 5.74) is 1.57. The molecule has 31 heavy (non-hydrogen) atoms. The maximum atomic E-state index is 13.3. The summed E-state index contributed by atoms with van der Waals surface area (Å²) < 4.78 is 40.3. The second-order valence-electron chi connectivity index (χ2n) is 7.84. The number of hydrogen-bond acceptors (Lipinski definition) is 6. The fourth-order valence-electron chi connectivity index (χ4n) is 3.90. The van der Waals surface area contributed by atoms with Gasteiger partial charge in [0.25, 0.3) is 5.91 Å². The fourth-order valence-corrected chi connectivity index (χ4v) is 5.68. The molecule has 170 valence electrons. The maximum Gasteiger partial charge on any atom is 0.254 e. The third-order valence-electron chi connectivity index (χ3n) is 5.47. The summed E-state index contributed by atoms with van der Waals surface area (Å²) in [6, 6.07) is 5.07. The standard InChI is InChI=1S/C21H30N4O5S/c1-14(2)25-16(4)20(15(3)22-25)31(27,28)24-9-7-23(8-10-24)21(26)17-11-18(29-5)13-19(12-17)30-6/h11-14H,7-10H2,1-6H3. The van der Waals surface area contributed by atoms with E-state index in [4.69, 9.17) is 9.47 Å². The predicted octanol–water partition coefficient (Wildman–Crippen LogP) is 2.24. The first kappa shape index (κ1) is 23.1. The summed E-state index contributed by atoms with van der Waals surface area (Å²) in [7, 11) is -0.647. The average Bonchev–Trinajstić information content (AvgIpc) is 3.07. The number of methoxy groups -OCH3 is 2. The molecule has 1 aromatic heterocycles. The molecular formula is C21H30N4O5S. The number of carbonyl (C=O) groups is 1. The van der Waals surface area contributed by atoms with Crippen LogP contribution in [0.5, 0.6) is 11.5 Å². The van der Waals surface area contributed by atoms with Crippen LogP contribution >= 0.6 is 0 Å². The fraction of sp³-hybridized carbons (Fsp3) is 0.524. The lowest BCUT2D eigenvalue weighted by atomic mass is 10.1. The molecule has 2 heterocycles. The molecule has 9 nitrogen and oxygen atoms in total. The van der Waals surface area contributed by atoms with E-state index in [1.54, 1.807) is 41.6 Å². The highest BCUT2D eigenvalue weighted by atomic mass is 32.2. The highest BCUT2D eigenvalue weighted by Crippen LogP contribution is 2.27. The molecule has 1 fully saturated rings. The van der Waals surface area contributed by atoms with Crippen molar-refractivity contribution < 1.29 is 22.7 Å². The smallest absolute Gasteiger partial charge is 0.254 e. The lowest BCUT2D eigenvalue weighted by Crippen LogP contribution is -2.50. The summed E-state index contributed by atoms with van der Waals surface area (Å²) in [6.07, 6.45) is 0. The van der Waals surface area contributed by atoms with Crippen molar-refractivity contribution in [2.75, 3.05) is 40.4 Å². The lowest BCUT2D eigenvalue weighted by molar-refractivity contribution is 0.0697. The van der Waals surface area contributed by atoms with Gasteiger partial charge in [0, 0.05) is 43.9 Å². The van der Waals surface area contributed by atoms with E-state index in [2.05, 4.69) is 5.10 Å². The van der Waals surface area contributed by atoms with E-state index in [1.807, 2.05) is 13.8 Å². The topological polar surface area (TPSA) is 94.0 Å². The third-order valence-corrected chi connectivity index (χ3v) is 7.62. The van der Waals surface area contributed by atoms with Gasteiger partial charge in [-0.15, -0.1) is 0 Å². The summed E-state index contributed by atoms with van der Waals surface area (Å²) in [4.78, 5) is 14.9. The number of hydrogen-bond donors (Lipinski definition) is 0. The number of ether oxygens (including phenoxy) is 2. The van der Waals surface area contributed by atoms with E-state index in [1.165, 1.54) is 18.5 Å². The molecule has 0 aliphatic carbocycles. The molecule has 1 aliphatic heterocycles. The number of sulfonamides is 1. The number of aromatic nitrogens is 2. The van der Waals surface area contributed by atoms with Gasteiger partial charge in [-0.05, 0) is 39.8 Å². The second kappa shape index (κ2) is 8.88. The van der Waals surface area contributed by atoms with Crippen LogP contribution in [-0.2, 0) is 10.0 Å².